The number of hydrogen-bond acceptors (Lipinski definition) is 9. The van der Waals surface area contributed by atoms with Crippen molar-refractivity contribution in [3.63, 3.8) is 0 Å². The van der Waals surface area contributed by atoms with Gasteiger partial charge in [0, 0.05) is 30.1 Å². The Labute approximate surface area is 247 Å². The minimum Gasteiger partial charge on any atom is -0.489 e. The van der Waals surface area contributed by atoms with E-state index in [4.69, 9.17) is 14.6 Å². The number of carbonyl (C=O) groups excluding carboxylic acids is 2. The number of ether oxygens (including phenoxy) is 2. The third kappa shape index (κ3) is 8.52. The van der Waals surface area contributed by atoms with Crippen molar-refractivity contribution in [1.82, 2.24) is 15.6 Å². The van der Waals surface area contributed by atoms with Crippen molar-refractivity contribution in [2.75, 3.05) is 13.2 Å². The highest BCUT2D eigenvalue weighted by atomic mass is 16.5. The van der Waals surface area contributed by atoms with Gasteiger partial charge in [0.15, 0.2) is 0 Å². The second-order valence-corrected chi connectivity index (χ2v) is 10.5. The molecule has 5 unspecified atom stereocenters. The lowest BCUT2D eigenvalue weighted by Gasteiger charge is -2.39. The number of rotatable bonds is 14. The van der Waals surface area contributed by atoms with Crippen molar-refractivity contribution in [2.24, 2.45) is 0 Å². The molecule has 0 radical (unpaired) electrons. The lowest BCUT2D eigenvalue weighted by Crippen LogP contribution is -2.59. The number of amides is 2. The van der Waals surface area contributed by atoms with E-state index in [0.717, 1.165) is 22.0 Å². The van der Waals surface area contributed by atoms with E-state index in [1.807, 2.05) is 54.7 Å². The summed E-state index contributed by atoms with van der Waals surface area (Å²) in [6.07, 6.45) is -6.06. The zero-order valence-corrected chi connectivity index (χ0v) is 23.4. The van der Waals surface area contributed by atoms with Crippen LogP contribution in [0, 0.1) is 0 Å². The van der Waals surface area contributed by atoms with Crippen LogP contribution in [0.5, 0.6) is 5.75 Å². The van der Waals surface area contributed by atoms with E-state index in [9.17, 15) is 34.8 Å². The van der Waals surface area contributed by atoms with E-state index in [-0.39, 0.29) is 19.4 Å². The third-order valence-electron chi connectivity index (χ3n) is 7.36. The van der Waals surface area contributed by atoms with E-state index >= 15 is 0 Å². The van der Waals surface area contributed by atoms with Gasteiger partial charge in [-0.2, -0.15) is 0 Å². The fourth-order valence-corrected chi connectivity index (χ4v) is 4.96. The second kappa shape index (κ2) is 14.9. The van der Waals surface area contributed by atoms with Gasteiger partial charge in [0.05, 0.1) is 19.1 Å². The first-order chi connectivity index (χ1) is 20.7. The number of fused-ring (bicyclic) bond motifs is 1. The molecule has 2 aromatic carbocycles. The Morgan fingerprint density at radius 2 is 1.74 bits per heavy atom. The zero-order valence-electron chi connectivity index (χ0n) is 23.4. The minimum atomic E-state index is -1.65. The number of aliphatic hydroxyl groups is 4. The predicted molar refractivity (Wildman–Crippen MR) is 153 cm³/mol. The minimum absolute atomic E-state index is 0.184. The molecule has 13 nitrogen and oxygen atoms in total. The van der Waals surface area contributed by atoms with Gasteiger partial charge in [-0.1, -0.05) is 30.3 Å². The van der Waals surface area contributed by atoms with Crippen LogP contribution in [-0.2, 0) is 32.1 Å². The normalized spacial score (nSPS) is 22.6. The smallest absolute Gasteiger partial charge is 0.303 e. The number of aromatic nitrogens is 1. The van der Waals surface area contributed by atoms with E-state index in [2.05, 4.69) is 15.6 Å². The molecule has 1 fully saturated rings. The van der Waals surface area contributed by atoms with Crippen LogP contribution < -0.4 is 15.4 Å². The molecule has 6 atom stereocenters. The van der Waals surface area contributed by atoms with E-state index in [1.54, 1.807) is 0 Å². The molecule has 4 rings (SSSR count). The quantitative estimate of drug-likeness (QED) is 0.124. The monoisotopic (exact) mass is 599 g/mol. The molecule has 2 amide bonds. The van der Waals surface area contributed by atoms with Crippen LogP contribution in [0.3, 0.4) is 0 Å². The Morgan fingerprint density at radius 1 is 1.00 bits per heavy atom. The highest BCUT2D eigenvalue weighted by Gasteiger charge is 2.44. The predicted octanol–water partition coefficient (Wildman–Crippen LogP) is -0.0123. The standard InChI is InChI=1S/C30H37N3O10/c34-15-24-28(39)29(40)27(38)23(43-24)13-25(35)33-22(8-9-26(36)37)30(41)31-11-10-18-14-32-21-7-6-19(12-20(18)21)42-16-17-4-2-1-3-5-17/h1-7,12,14,22-24,27-29,32,34,38-40H,8-11,13,15-16H2,(H,31,41)(H,33,35)(H,36,37)/t22-,23?,24?,27?,28?,29?/m0/s1. The molecule has 43 heavy (non-hydrogen) atoms. The third-order valence-corrected chi connectivity index (χ3v) is 7.36. The van der Waals surface area contributed by atoms with Crippen LogP contribution >= 0.6 is 0 Å². The SMILES string of the molecule is O=C(O)CC[C@H](NC(=O)CC1OC(CO)C(O)C(O)C1O)C(=O)NCCc1c[nH]c2ccc(OCc3ccccc3)cc12. The molecule has 0 spiro atoms. The van der Waals surface area contributed by atoms with Crippen LogP contribution in [0.25, 0.3) is 10.9 Å². The van der Waals surface area contributed by atoms with Gasteiger partial charge in [0.2, 0.25) is 11.8 Å². The molecular formula is C30H37N3O10. The van der Waals surface area contributed by atoms with E-state index < -0.39 is 67.4 Å². The molecular weight excluding hydrogens is 562 g/mol. The average molecular weight is 600 g/mol. The second-order valence-electron chi connectivity index (χ2n) is 10.5. The van der Waals surface area contributed by atoms with Crippen LogP contribution in [0.4, 0.5) is 0 Å². The maximum atomic E-state index is 13.0. The van der Waals surface area contributed by atoms with Gasteiger partial charge < -0.3 is 50.6 Å². The number of benzene rings is 2. The molecule has 1 saturated heterocycles. The molecule has 3 aromatic rings. The number of nitrogens with one attached hydrogen (secondary N) is 3. The highest BCUT2D eigenvalue weighted by molar-refractivity contribution is 5.88. The summed E-state index contributed by atoms with van der Waals surface area (Å²) >= 11 is 0. The molecule has 0 saturated carbocycles. The van der Waals surface area contributed by atoms with Crippen molar-refractivity contribution in [3.8, 4) is 5.75 Å². The van der Waals surface area contributed by atoms with Crippen LogP contribution in [0.2, 0.25) is 0 Å². The van der Waals surface area contributed by atoms with Crippen molar-refractivity contribution in [2.45, 2.75) is 68.9 Å². The highest BCUT2D eigenvalue weighted by Crippen LogP contribution is 2.25. The summed E-state index contributed by atoms with van der Waals surface area (Å²) < 4.78 is 11.3. The van der Waals surface area contributed by atoms with Gasteiger partial charge in [-0.25, -0.2) is 0 Å². The van der Waals surface area contributed by atoms with Crippen molar-refractivity contribution in [1.29, 1.82) is 0 Å². The Bertz CT molecular complexity index is 1380. The fourth-order valence-electron chi connectivity index (χ4n) is 4.96. The number of aliphatic carboxylic acids is 1. The van der Waals surface area contributed by atoms with E-state index in [1.165, 1.54) is 0 Å². The topological polar surface area (TPSA) is 211 Å². The summed E-state index contributed by atoms with van der Waals surface area (Å²) in [7, 11) is 0. The molecule has 1 aromatic heterocycles. The summed E-state index contributed by atoms with van der Waals surface area (Å²) in [5, 5.41) is 54.7. The molecule has 2 heterocycles. The number of aromatic amines is 1. The molecule has 8 N–H and O–H groups in total. The average Bonchev–Trinajstić information content (AvgIpc) is 3.40. The Morgan fingerprint density at radius 3 is 2.47 bits per heavy atom. The van der Waals surface area contributed by atoms with Gasteiger partial charge >= 0.3 is 5.97 Å². The van der Waals surface area contributed by atoms with E-state index in [0.29, 0.717) is 18.8 Å². The summed E-state index contributed by atoms with van der Waals surface area (Å²) in [6.45, 7) is -0.0276. The van der Waals surface area contributed by atoms with Gasteiger partial charge in [0.1, 0.15) is 42.8 Å². The maximum Gasteiger partial charge on any atom is 0.303 e. The lowest BCUT2D eigenvalue weighted by molar-refractivity contribution is -0.229. The maximum absolute atomic E-state index is 13.0. The largest absolute Gasteiger partial charge is 0.489 e. The van der Waals surface area contributed by atoms with Crippen molar-refractivity contribution in [3.05, 3.63) is 65.9 Å². The molecule has 13 heteroatoms. The first-order valence-corrected chi connectivity index (χ1v) is 14.0. The molecule has 1 aliphatic rings. The zero-order chi connectivity index (χ0) is 30.9. The first kappa shape index (κ1) is 31.9. The van der Waals surface area contributed by atoms with Crippen molar-refractivity contribution < 1.29 is 49.4 Å². The summed E-state index contributed by atoms with van der Waals surface area (Å²) in [4.78, 5) is 40.1. The fraction of sp³-hybridized carbons (Fsp3) is 0.433. The number of carboxylic acid groups (broad SMARTS) is 1. The number of carboxylic acids is 1. The van der Waals surface area contributed by atoms with Crippen LogP contribution in [0.1, 0.15) is 30.4 Å². The Balaban J connectivity index is 1.33. The number of aliphatic hydroxyl groups excluding tert-OH is 4. The molecule has 0 bridgehead atoms. The molecule has 0 aliphatic carbocycles. The van der Waals surface area contributed by atoms with Gasteiger partial charge in [0.25, 0.3) is 0 Å². The van der Waals surface area contributed by atoms with Crippen LogP contribution in [-0.4, -0.2) is 98.0 Å². The first-order valence-electron chi connectivity index (χ1n) is 14.0. The Hall–Kier alpha value is -4.01. The van der Waals surface area contributed by atoms with Gasteiger partial charge in [-0.15, -0.1) is 0 Å². The number of carbonyl (C=O) groups is 3. The van der Waals surface area contributed by atoms with Gasteiger partial charge in [-0.3, -0.25) is 14.4 Å². The summed E-state index contributed by atoms with van der Waals surface area (Å²) in [6, 6.07) is 14.3. The molecule has 1 aliphatic heterocycles. The van der Waals surface area contributed by atoms with Gasteiger partial charge in [-0.05, 0) is 42.2 Å². The van der Waals surface area contributed by atoms with Crippen molar-refractivity contribution >= 4 is 28.7 Å². The Kier molecular flexibility index (Phi) is 11.1. The summed E-state index contributed by atoms with van der Waals surface area (Å²) in [5.74, 6) is -1.79. The number of hydrogen-bond donors (Lipinski definition) is 8. The number of H-pyrrole nitrogens is 1. The lowest BCUT2D eigenvalue weighted by atomic mass is 9.93. The molecule has 232 valence electrons. The van der Waals surface area contributed by atoms with Crippen LogP contribution in [0.15, 0.2) is 54.7 Å². The summed E-state index contributed by atoms with van der Waals surface area (Å²) in [5.41, 5.74) is 2.86.